The lowest BCUT2D eigenvalue weighted by Crippen LogP contribution is -2.38. The monoisotopic (exact) mass is 523 g/mol. The fraction of sp³-hybridized carbons (Fsp3) is 0.278. The second-order valence-electron chi connectivity index (χ2n) is 6.80. The van der Waals surface area contributed by atoms with Crippen LogP contribution in [0.2, 0.25) is 0 Å². The van der Waals surface area contributed by atoms with Crippen LogP contribution in [-0.4, -0.2) is 21.4 Å². The number of nitrogens with one attached hydrogen (secondary N) is 2. The van der Waals surface area contributed by atoms with Crippen molar-refractivity contribution < 1.29 is 52.7 Å². The van der Waals surface area contributed by atoms with Crippen LogP contribution in [0.4, 0.5) is 50.9 Å². The van der Waals surface area contributed by atoms with Crippen molar-refractivity contribution in [3.05, 3.63) is 53.1 Å². The van der Waals surface area contributed by atoms with Gasteiger partial charge in [0.25, 0.3) is 10.0 Å². The first-order valence-corrected chi connectivity index (χ1v) is 10.2. The second kappa shape index (κ2) is 8.88. The SMILES string of the molecule is CC(=O)NN(C)c1ccc(C(F)(F)F)cc1NS(=O)(=O)c1cc(C(F)(F)F)cc(C(F)(F)F)c1. The molecule has 16 heteroatoms. The van der Waals surface area contributed by atoms with E-state index in [4.69, 9.17) is 0 Å². The number of carbonyl (C=O) groups is 1. The Hall–Kier alpha value is -3.17. The van der Waals surface area contributed by atoms with Crippen LogP contribution in [0.3, 0.4) is 0 Å². The first-order valence-electron chi connectivity index (χ1n) is 8.76. The van der Waals surface area contributed by atoms with Crippen LogP contribution in [0.15, 0.2) is 41.3 Å². The molecule has 2 aromatic rings. The zero-order valence-electron chi connectivity index (χ0n) is 16.9. The molecule has 0 saturated heterocycles. The lowest BCUT2D eigenvalue weighted by atomic mass is 10.1. The van der Waals surface area contributed by atoms with Gasteiger partial charge in [0.2, 0.25) is 5.91 Å². The van der Waals surface area contributed by atoms with Gasteiger partial charge in [-0.15, -0.1) is 0 Å². The van der Waals surface area contributed by atoms with Crippen molar-refractivity contribution in [2.24, 2.45) is 0 Å². The summed E-state index contributed by atoms with van der Waals surface area (Å²) < 4.78 is 145. The molecule has 188 valence electrons. The van der Waals surface area contributed by atoms with Gasteiger partial charge in [-0.05, 0) is 36.4 Å². The molecule has 0 aliphatic heterocycles. The molecule has 0 radical (unpaired) electrons. The number of hydrogen-bond donors (Lipinski definition) is 2. The van der Waals surface area contributed by atoms with Crippen molar-refractivity contribution >= 4 is 27.3 Å². The smallest absolute Gasteiger partial charge is 0.287 e. The number of sulfonamides is 1. The molecule has 1 amide bonds. The van der Waals surface area contributed by atoms with E-state index >= 15 is 0 Å². The Labute approximate surface area is 186 Å². The summed E-state index contributed by atoms with van der Waals surface area (Å²) in [6.07, 6.45) is -15.7. The topological polar surface area (TPSA) is 78.5 Å². The first kappa shape index (κ1) is 27.1. The number of carbonyl (C=O) groups excluding carboxylic acids is 1. The van der Waals surface area contributed by atoms with Crippen molar-refractivity contribution in [2.45, 2.75) is 30.3 Å². The Bertz CT molecular complexity index is 1160. The zero-order valence-corrected chi connectivity index (χ0v) is 17.8. The highest BCUT2D eigenvalue weighted by atomic mass is 32.2. The molecule has 0 spiro atoms. The lowest BCUT2D eigenvalue weighted by molar-refractivity contribution is -0.143. The Balaban J connectivity index is 2.68. The first-order chi connectivity index (χ1) is 15.2. The van der Waals surface area contributed by atoms with Gasteiger partial charge in [0.1, 0.15) is 0 Å². The number of hydrogen-bond acceptors (Lipinski definition) is 4. The summed E-state index contributed by atoms with van der Waals surface area (Å²) in [4.78, 5) is 9.75. The molecule has 2 aromatic carbocycles. The van der Waals surface area contributed by atoms with Crippen molar-refractivity contribution in [1.29, 1.82) is 0 Å². The number of benzene rings is 2. The molecule has 0 atom stereocenters. The van der Waals surface area contributed by atoms with Crippen LogP contribution in [0.25, 0.3) is 0 Å². The van der Waals surface area contributed by atoms with E-state index in [2.05, 4.69) is 5.43 Å². The summed E-state index contributed by atoms with van der Waals surface area (Å²) >= 11 is 0. The fourth-order valence-electron chi connectivity index (χ4n) is 2.67. The standard InChI is InChI=1S/C18H14F9N3O3S/c1-9(31)28-30(2)15-4-3-10(16(19,20)21)8-14(15)29-34(32,33)13-6-11(17(22,23)24)5-12(7-13)18(25,26)27/h3-8,29H,1-2H3,(H,28,31). The van der Waals surface area contributed by atoms with Gasteiger partial charge < -0.3 is 0 Å². The van der Waals surface area contributed by atoms with E-state index in [0.717, 1.165) is 25.0 Å². The van der Waals surface area contributed by atoms with Gasteiger partial charge >= 0.3 is 18.5 Å². The Morgan fingerprint density at radius 2 is 1.26 bits per heavy atom. The van der Waals surface area contributed by atoms with Crippen molar-refractivity contribution in [3.63, 3.8) is 0 Å². The third-order valence-electron chi connectivity index (χ3n) is 4.13. The lowest BCUT2D eigenvalue weighted by Gasteiger charge is -2.24. The van der Waals surface area contributed by atoms with Crippen molar-refractivity contribution in [1.82, 2.24) is 5.43 Å². The Morgan fingerprint density at radius 3 is 1.68 bits per heavy atom. The van der Waals surface area contributed by atoms with Crippen LogP contribution in [0.1, 0.15) is 23.6 Å². The largest absolute Gasteiger partial charge is 0.416 e. The molecule has 0 bridgehead atoms. The summed E-state index contributed by atoms with van der Waals surface area (Å²) in [5.41, 5.74) is -4.42. The predicted octanol–water partition coefficient (Wildman–Crippen LogP) is 5.03. The van der Waals surface area contributed by atoms with Crippen LogP contribution in [-0.2, 0) is 33.3 Å². The van der Waals surface area contributed by atoms with Gasteiger partial charge in [0.05, 0.1) is 33.0 Å². The number of hydrazine groups is 1. The maximum atomic E-state index is 13.1. The average Bonchev–Trinajstić information content (AvgIpc) is 2.64. The molecule has 0 aromatic heterocycles. The molecule has 0 saturated carbocycles. The van der Waals surface area contributed by atoms with E-state index in [-0.39, 0.29) is 24.3 Å². The second-order valence-corrected chi connectivity index (χ2v) is 8.49. The molecule has 2 rings (SSSR count). The minimum atomic E-state index is -5.36. The number of halogens is 9. The fourth-order valence-corrected chi connectivity index (χ4v) is 3.80. The molecule has 0 aliphatic carbocycles. The molecule has 6 nitrogen and oxygen atoms in total. The minimum Gasteiger partial charge on any atom is -0.287 e. The molecule has 0 fully saturated rings. The molecule has 0 heterocycles. The molecular formula is C18H14F9N3O3S. The summed E-state index contributed by atoms with van der Waals surface area (Å²) in [5, 5.41) is 0.799. The van der Waals surface area contributed by atoms with Gasteiger partial charge in [-0.3, -0.25) is 20.0 Å². The number of amides is 1. The van der Waals surface area contributed by atoms with E-state index in [9.17, 15) is 52.7 Å². The van der Waals surface area contributed by atoms with Crippen LogP contribution in [0, 0.1) is 0 Å². The number of nitrogens with zero attached hydrogens (tertiary/aromatic N) is 1. The van der Waals surface area contributed by atoms with E-state index in [1.807, 2.05) is 0 Å². The molecular weight excluding hydrogens is 509 g/mol. The van der Waals surface area contributed by atoms with Gasteiger partial charge in [-0.1, -0.05) is 0 Å². The van der Waals surface area contributed by atoms with Crippen molar-refractivity contribution in [3.8, 4) is 0 Å². The highest BCUT2D eigenvalue weighted by molar-refractivity contribution is 7.92. The van der Waals surface area contributed by atoms with Crippen molar-refractivity contribution in [2.75, 3.05) is 16.8 Å². The summed E-state index contributed by atoms with van der Waals surface area (Å²) in [6, 6.07) is 1.04. The maximum absolute atomic E-state index is 13.1. The molecule has 0 unspecified atom stereocenters. The minimum absolute atomic E-state index is 0.0949. The summed E-state index contributed by atoms with van der Waals surface area (Å²) in [6.45, 7) is 1.02. The van der Waals surface area contributed by atoms with Gasteiger partial charge in [-0.25, -0.2) is 8.42 Å². The number of anilines is 2. The maximum Gasteiger partial charge on any atom is 0.416 e. The Morgan fingerprint density at radius 1 is 0.794 bits per heavy atom. The average molecular weight is 523 g/mol. The van der Waals surface area contributed by atoms with Crippen LogP contribution < -0.4 is 15.2 Å². The van der Waals surface area contributed by atoms with E-state index in [0.29, 0.717) is 6.07 Å². The van der Waals surface area contributed by atoms with Gasteiger partial charge in [0.15, 0.2) is 0 Å². The van der Waals surface area contributed by atoms with Crippen LogP contribution in [0.5, 0.6) is 0 Å². The van der Waals surface area contributed by atoms with E-state index < -0.39 is 67.4 Å². The van der Waals surface area contributed by atoms with E-state index in [1.54, 1.807) is 4.72 Å². The van der Waals surface area contributed by atoms with Gasteiger partial charge in [0, 0.05) is 14.0 Å². The third-order valence-corrected chi connectivity index (χ3v) is 5.47. The van der Waals surface area contributed by atoms with Gasteiger partial charge in [-0.2, -0.15) is 39.5 Å². The third kappa shape index (κ3) is 6.45. The number of rotatable bonds is 5. The highest BCUT2D eigenvalue weighted by Gasteiger charge is 2.38. The normalized spacial score (nSPS) is 12.9. The molecule has 34 heavy (non-hydrogen) atoms. The summed E-state index contributed by atoms with van der Waals surface area (Å²) in [5.74, 6) is -0.719. The summed E-state index contributed by atoms with van der Waals surface area (Å²) in [7, 11) is -4.18. The molecule has 2 N–H and O–H groups in total. The van der Waals surface area contributed by atoms with Crippen LogP contribution >= 0.6 is 0 Å². The quantitative estimate of drug-likeness (QED) is 0.426. The Kier molecular flexibility index (Phi) is 7.07. The molecule has 0 aliphatic rings. The van der Waals surface area contributed by atoms with E-state index in [1.165, 1.54) is 0 Å². The predicted molar refractivity (Wildman–Crippen MR) is 101 cm³/mol. The number of alkyl halides is 9. The highest BCUT2D eigenvalue weighted by Crippen LogP contribution is 2.39. The zero-order chi connectivity index (χ0) is 26.3.